The van der Waals surface area contributed by atoms with Crippen molar-refractivity contribution in [2.24, 2.45) is 0 Å². The molecule has 9 nitrogen and oxygen atoms in total. The van der Waals surface area contributed by atoms with Crippen molar-refractivity contribution in [3.05, 3.63) is 48.0 Å². The van der Waals surface area contributed by atoms with Gasteiger partial charge in [-0.05, 0) is 48.7 Å². The highest BCUT2D eigenvalue weighted by atomic mass is 32.2. The fourth-order valence-corrected chi connectivity index (χ4v) is 6.83. The van der Waals surface area contributed by atoms with E-state index in [-0.39, 0.29) is 17.1 Å². The van der Waals surface area contributed by atoms with Gasteiger partial charge in [0, 0.05) is 0 Å². The van der Waals surface area contributed by atoms with Crippen molar-refractivity contribution in [1.82, 2.24) is 0 Å². The van der Waals surface area contributed by atoms with Crippen molar-refractivity contribution in [2.75, 3.05) is 22.0 Å². The molecule has 2 aromatic carbocycles. The monoisotopic (exact) mass is 630 g/mol. The van der Waals surface area contributed by atoms with Gasteiger partial charge in [0.1, 0.15) is 10.6 Å². The second-order valence-electron chi connectivity index (χ2n) is 10.6. The van der Waals surface area contributed by atoms with E-state index in [0.29, 0.717) is 0 Å². The third kappa shape index (κ3) is 14.9. The zero-order valence-electron chi connectivity index (χ0n) is 24.5. The van der Waals surface area contributed by atoms with E-state index in [9.17, 15) is 25.3 Å². The fourth-order valence-electron chi connectivity index (χ4n) is 4.58. The first-order valence-electron chi connectivity index (χ1n) is 14.4. The maximum Gasteiger partial charge on any atom is 0.341 e. The SMILES string of the molecule is CCCCCCCCCCCCCCCc1cccc(OS(=O)(=O)c2ccc(NS(C)(=O)=O)cc2NS(C)(=O)=O)c1. The molecule has 0 atom stereocenters. The molecule has 0 unspecified atom stereocenters. The highest BCUT2D eigenvalue weighted by Crippen LogP contribution is 2.29. The Morgan fingerprint density at radius 1 is 0.634 bits per heavy atom. The van der Waals surface area contributed by atoms with E-state index < -0.39 is 35.1 Å². The van der Waals surface area contributed by atoms with Gasteiger partial charge in [-0.3, -0.25) is 9.44 Å². The summed E-state index contributed by atoms with van der Waals surface area (Å²) in [6.07, 6.45) is 19.1. The quantitative estimate of drug-likeness (QED) is 0.114. The normalized spacial score (nSPS) is 12.3. The minimum absolute atomic E-state index is 0.00241. The van der Waals surface area contributed by atoms with Crippen LogP contribution in [0.15, 0.2) is 47.4 Å². The highest BCUT2D eigenvalue weighted by Gasteiger charge is 2.24. The molecule has 0 aromatic heterocycles. The van der Waals surface area contributed by atoms with Crippen molar-refractivity contribution in [2.45, 2.75) is 102 Å². The Morgan fingerprint density at radius 3 is 1.71 bits per heavy atom. The molecule has 0 spiro atoms. The Bertz CT molecular complexity index is 1410. The molecule has 2 N–H and O–H groups in total. The molecule has 0 fully saturated rings. The number of hydrogen-bond donors (Lipinski definition) is 2. The molecule has 0 aliphatic heterocycles. The maximum atomic E-state index is 13.1. The highest BCUT2D eigenvalue weighted by molar-refractivity contribution is 7.92. The molecule has 2 aromatic rings. The number of sulfonamides is 2. The van der Waals surface area contributed by atoms with E-state index in [2.05, 4.69) is 16.4 Å². The summed E-state index contributed by atoms with van der Waals surface area (Å²) in [5.74, 6) is 0.112. The Morgan fingerprint density at radius 2 is 1.17 bits per heavy atom. The molecule has 0 aliphatic rings. The molecule has 0 heterocycles. The lowest BCUT2D eigenvalue weighted by molar-refractivity contribution is 0.486. The molecule has 12 heteroatoms. The molecule has 0 bridgehead atoms. The minimum atomic E-state index is -4.45. The van der Waals surface area contributed by atoms with Crippen molar-refractivity contribution in [3.63, 3.8) is 0 Å². The zero-order chi connectivity index (χ0) is 30.4. The predicted octanol–water partition coefficient (Wildman–Crippen LogP) is 6.83. The lowest BCUT2D eigenvalue weighted by Crippen LogP contribution is -2.17. The van der Waals surface area contributed by atoms with Gasteiger partial charge in [0.05, 0.1) is 23.9 Å². The zero-order valence-corrected chi connectivity index (χ0v) is 27.0. The van der Waals surface area contributed by atoms with Crippen LogP contribution in [0.25, 0.3) is 0 Å². The van der Waals surface area contributed by atoms with Crippen LogP contribution >= 0.6 is 0 Å². The fraction of sp³-hybridized carbons (Fsp3) is 0.586. The van der Waals surface area contributed by atoms with Gasteiger partial charge in [-0.1, -0.05) is 96.1 Å². The topological polar surface area (TPSA) is 136 Å². The first-order chi connectivity index (χ1) is 19.3. The van der Waals surface area contributed by atoms with Gasteiger partial charge < -0.3 is 4.18 Å². The molecule has 0 amide bonds. The lowest BCUT2D eigenvalue weighted by Gasteiger charge is -2.14. The molecule has 2 rings (SSSR count). The smallest absolute Gasteiger partial charge is 0.341 e. The van der Waals surface area contributed by atoms with Crippen LogP contribution in [-0.2, 0) is 36.6 Å². The molecule has 0 saturated carbocycles. The number of benzene rings is 2. The first-order valence-corrected chi connectivity index (χ1v) is 19.6. The van der Waals surface area contributed by atoms with Crippen LogP contribution in [0.1, 0.15) is 96.0 Å². The number of nitrogens with one attached hydrogen (secondary N) is 2. The van der Waals surface area contributed by atoms with Gasteiger partial charge in [-0.2, -0.15) is 8.42 Å². The van der Waals surface area contributed by atoms with Gasteiger partial charge >= 0.3 is 10.1 Å². The van der Waals surface area contributed by atoms with Crippen LogP contribution in [0, 0.1) is 0 Å². The standard InChI is InChI=1S/C29H46N2O7S3/c1-4-5-6-7-8-9-10-11-12-13-14-15-16-18-25-19-17-20-27(23-25)38-41(36,37)29-22-21-26(30-39(2,32)33)24-28(29)31-40(3,34)35/h17,19-24,30-31H,4-16,18H2,1-3H3. The Kier molecular flexibility index (Phi) is 14.4. The van der Waals surface area contributed by atoms with E-state index in [4.69, 9.17) is 4.18 Å². The van der Waals surface area contributed by atoms with E-state index in [1.807, 2.05) is 6.07 Å². The van der Waals surface area contributed by atoms with Crippen LogP contribution in [0.3, 0.4) is 0 Å². The average molecular weight is 631 g/mol. The molecule has 0 aliphatic carbocycles. The second kappa shape index (κ2) is 17.0. The summed E-state index contributed by atoms with van der Waals surface area (Å²) in [5, 5.41) is 0. The molecule has 41 heavy (non-hydrogen) atoms. The maximum absolute atomic E-state index is 13.1. The van der Waals surface area contributed by atoms with Crippen LogP contribution in [0.2, 0.25) is 0 Å². The van der Waals surface area contributed by atoms with Crippen LogP contribution in [-0.4, -0.2) is 37.8 Å². The van der Waals surface area contributed by atoms with Crippen LogP contribution in [0.5, 0.6) is 5.75 Å². The summed E-state index contributed by atoms with van der Waals surface area (Å²) in [7, 11) is -12.0. The van der Waals surface area contributed by atoms with Crippen molar-refractivity contribution in [1.29, 1.82) is 0 Å². The Balaban J connectivity index is 1.89. The van der Waals surface area contributed by atoms with Gasteiger partial charge in [0.2, 0.25) is 20.0 Å². The molecular formula is C29H46N2O7S3. The third-order valence-electron chi connectivity index (χ3n) is 6.52. The molecule has 0 radical (unpaired) electrons. The summed E-state index contributed by atoms with van der Waals surface area (Å²) < 4.78 is 82.7. The predicted molar refractivity (Wildman–Crippen MR) is 167 cm³/mol. The second-order valence-corrected chi connectivity index (χ2v) is 15.6. The van der Waals surface area contributed by atoms with Crippen molar-refractivity contribution >= 4 is 41.5 Å². The van der Waals surface area contributed by atoms with E-state index in [1.165, 1.54) is 82.8 Å². The number of anilines is 2. The van der Waals surface area contributed by atoms with Gasteiger partial charge in [0.15, 0.2) is 0 Å². The summed E-state index contributed by atoms with van der Waals surface area (Å²) in [6, 6.07) is 10.2. The number of rotatable bonds is 21. The number of hydrogen-bond acceptors (Lipinski definition) is 7. The largest absolute Gasteiger partial charge is 0.379 e. The Labute approximate surface area is 247 Å². The summed E-state index contributed by atoms with van der Waals surface area (Å²) in [5.41, 5.74) is 0.615. The van der Waals surface area contributed by atoms with Gasteiger partial charge in [-0.15, -0.1) is 0 Å². The summed E-state index contributed by atoms with van der Waals surface area (Å²) in [6.45, 7) is 2.24. The minimum Gasteiger partial charge on any atom is -0.379 e. The van der Waals surface area contributed by atoms with Crippen LogP contribution < -0.4 is 13.6 Å². The van der Waals surface area contributed by atoms with Crippen molar-refractivity contribution < 1.29 is 29.4 Å². The van der Waals surface area contributed by atoms with Gasteiger partial charge in [-0.25, -0.2) is 16.8 Å². The molecule has 0 saturated heterocycles. The third-order valence-corrected chi connectivity index (χ3v) is 9.02. The van der Waals surface area contributed by atoms with Gasteiger partial charge in [0.25, 0.3) is 0 Å². The van der Waals surface area contributed by atoms with Crippen LogP contribution in [0.4, 0.5) is 11.4 Å². The van der Waals surface area contributed by atoms with Crippen molar-refractivity contribution in [3.8, 4) is 5.75 Å². The molecular weight excluding hydrogens is 585 g/mol. The number of unbranched alkanes of at least 4 members (excludes halogenated alkanes) is 12. The lowest BCUT2D eigenvalue weighted by atomic mass is 10.0. The van der Waals surface area contributed by atoms with E-state index >= 15 is 0 Å². The average Bonchev–Trinajstić information content (AvgIpc) is 2.85. The Hall–Kier alpha value is -2.31. The molecule has 232 valence electrons. The summed E-state index contributed by atoms with van der Waals surface area (Å²) >= 11 is 0. The van der Waals surface area contributed by atoms with E-state index in [0.717, 1.165) is 49.5 Å². The number of aryl methyl sites for hydroxylation is 1. The van der Waals surface area contributed by atoms with E-state index in [1.54, 1.807) is 12.1 Å². The first kappa shape index (κ1) is 34.9. The summed E-state index contributed by atoms with van der Waals surface area (Å²) in [4.78, 5) is -0.441.